The van der Waals surface area contributed by atoms with Gasteiger partial charge in [0.2, 0.25) is 0 Å². The van der Waals surface area contributed by atoms with Crippen LogP contribution in [0.1, 0.15) is 9.67 Å². The van der Waals surface area contributed by atoms with Gasteiger partial charge in [-0.3, -0.25) is 0 Å². The molecule has 0 aliphatic rings. The van der Waals surface area contributed by atoms with E-state index in [1.165, 1.54) is 7.11 Å². The Balaban J connectivity index is 2.93. The highest BCUT2D eigenvalue weighted by molar-refractivity contribution is 7.16. The lowest BCUT2D eigenvalue weighted by molar-refractivity contribution is 0.0698. The van der Waals surface area contributed by atoms with Gasteiger partial charge in [-0.1, -0.05) is 24.0 Å². The zero-order valence-electron chi connectivity index (χ0n) is 7.65. The van der Waals surface area contributed by atoms with E-state index in [1.807, 2.05) is 0 Å². The zero-order valence-corrected chi connectivity index (χ0v) is 8.47. The quantitative estimate of drug-likeness (QED) is 0.762. The van der Waals surface area contributed by atoms with Crippen LogP contribution in [0.3, 0.4) is 0 Å². The van der Waals surface area contributed by atoms with Gasteiger partial charge in [0, 0.05) is 6.07 Å². The first-order valence-electron chi connectivity index (χ1n) is 3.83. The summed E-state index contributed by atoms with van der Waals surface area (Å²) in [6, 6.07) is 1.55. The molecular weight excluding hydrogens is 204 g/mol. The van der Waals surface area contributed by atoms with E-state index < -0.39 is 5.97 Å². The fourth-order valence-electron chi connectivity index (χ4n) is 0.858. The van der Waals surface area contributed by atoms with Gasteiger partial charge >= 0.3 is 5.97 Å². The Labute approximate surface area is 85.4 Å². The molecule has 0 aromatic carbocycles. The first-order valence-corrected chi connectivity index (χ1v) is 4.65. The Kier molecular flexibility index (Phi) is 3.53. The molecule has 0 saturated heterocycles. The number of ether oxygens (including phenoxy) is 2. The molecule has 4 nitrogen and oxygen atoms in total. The van der Waals surface area contributed by atoms with Crippen molar-refractivity contribution < 1.29 is 19.4 Å². The highest BCUT2D eigenvalue weighted by Gasteiger charge is 2.16. The molecule has 0 aliphatic heterocycles. The molecule has 0 radical (unpaired) electrons. The first-order chi connectivity index (χ1) is 6.69. The van der Waals surface area contributed by atoms with Crippen LogP contribution in [0, 0.1) is 0 Å². The van der Waals surface area contributed by atoms with Gasteiger partial charge in [-0.15, -0.1) is 0 Å². The maximum Gasteiger partial charge on any atom is 0.349 e. The van der Waals surface area contributed by atoms with Crippen LogP contribution in [0.2, 0.25) is 0 Å². The molecule has 0 aliphatic carbocycles. The summed E-state index contributed by atoms with van der Waals surface area (Å²) in [4.78, 5) is 10.9. The highest BCUT2D eigenvalue weighted by Crippen LogP contribution is 2.34. The number of hydrogen-bond donors (Lipinski definition) is 1. The molecule has 0 atom stereocenters. The Morgan fingerprint density at radius 3 is 3.00 bits per heavy atom. The van der Waals surface area contributed by atoms with Crippen molar-refractivity contribution in [1.82, 2.24) is 0 Å². The number of thiophene rings is 1. The van der Waals surface area contributed by atoms with Crippen LogP contribution in [-0.4, -0.2) is 24.8 Å². The monoisotopic (exact) mass is 214 g/mol. The summed E-state index contributed by atoms with van der Waals surface area (Å²) in [7, 11) is 1.48. The average molecular weight is 214 g/mol. The smallest absolute Gasteiger partial charge is 0.349 e. The summed E-state index contributed by atoms with van der Waals surface area (Å²) < 4.78 is 10.1. The third kappa shape index (κ3) is 2.26. The molecule has 5 heteroatoms. The van der Waals surface area contributed by atoms with Gasteiger partial charge in [-0.25, -0.2) is 4.79 Å². The van der Waals surface area contributed by atoms with E-state index in [0.717, 1.165) is 11.3 Å². The average Bonchev–Trinajstić information content (AvgIpc) is 2.58. The van der Waals surface area contributed by atoms with E-state index in [1.54, 1.807) is 12.1 Å². The second kappa shape index (κ2) is 4.66. The molecule has 0 spiro atoms. The molecule has 0 unspecified atom stereocenters. The number of aromatic carboxylic acids is 1. The zero-order chi connectivity index (χ0) is 10.6. The minimum atomic E-state index is -1.02. The third-order valence-electron chi connectivity index (χ3n) is 1.43. The largest absolute Gasteiger partial charge is 0.488 e. The van der Waals surface area contributed by atoms with E-state index in [9.17, 15) is 4.79 Å². The molecule has 1 aromatic heterocycles. The van der Waals surface area contributed by atoms with Crippen LogP contribution in [-0.2, 0) is 0 Å². The Morgan fingerprint density at radius 1 is 1.79 bits per heavy atom. The lowest BCUT2D eigenvalue weighted by atomic mass is 10.4. The van der Waals surface area contributed by atoms with Gasteiger partial charge in [0.1, 0.15) is 12.4 Å². The van der Waals surface area contributed by atoms with Crippen molar-refractivity contribution >= 4 is 17.3 Å². The van der Waals surface area contributed by atoms with E-state index >= 15 is 0 Å². The standard InChI is InChI=1S/C9H10O4S/c1-3-4-13-6-5-7(12-2)14-8(6)9(10)11/h3,5H,1,4H2,2H3,(H,10,11). The lowest BCUT2D eigenvalue weighted by Gasteiger charge is -1.99. The number of methoxy groups -OCH3 is 1. The topological polar surface area (TPSA) is 55.8 Å². The van der Waals surface area contributed by atoms with Crippen molar-refractivity contribution in [2.24, 2.45) is 0 Å². The molecule has 0 amide bonds. The number of carbonyl (C=O) groups is 1. The number of hydrogen-bond acceptors (Lipinski definition) is 4. The van der Waals surface area contributed by atoms with Crippen molar-refractivity contribution in [1.29, 1.82) is 0 Å². The van der Waals surface area contributed by atoms with Crippen LogP contribution in [0.25, 0.3) is 0 Å². The van der Waals surface area contributed by atoms with Gasteiger partial charge in [0.25, 0.3) is 0 Å². The van der Waals surface area contributed by atoms with E-state index in [4.69, 9.17) is 14.6 Å². The lowest BCUT2D eigenvalue weighted by Crippen LogP contribution is -1.98. The molecule has 0 bridgehead atoms. The van der Waals surface area contributed by atoms with E-state index in [2.05, 4.69) is 6.58 Å². The highest BCUT2D eigenvalue weighted by atomic mass is 32.1. The molecule has 0 fully saturated rings. The molecule has 1 aromatic rings. The van der Waals surface area contributed by atoms with Gasteiger partial charge in [0.15, 0.2) is 9.94 Å². The maximum atomic E-state index is 10.8. The third-order valence-corrected chi connectivity index (χ3v) is 2.49. The van der Waals surface area contributed by atoms with Crippen LogP contribution in [0.5, 0.6) is 10.8 Å². The van der Waals surface area contributed by atoms with Crippen molar-refractivity contribution in [3.05, 3.63) is 23.6 Å². The predicted molar refractivity (Wildman–Crippen MR) is 53.5 cm³/mol. The second-order valence-corrected chi connectivity index (χ2v) is 3.38. The second-order valence-electron chi connectivity index (χ2n) is 2.37. The fourth-order valence-corrected chi connectivity index (χ4v) is 1.61. The van der Waals surface area contributed by atoms with E-state index in [0.29, 0.717) is 10.8 Å². The first kappa shape index (κ1) is 10.6. The molecule has 14 heavy (non-hydrogen) atoms. The molecule has 1 heterocycles. The number of carboxylic acids is 1. The summed E-state index contributed by atoms with van der Waals surface area (Å²) in [6.45, 7) is 3.75. The predicted octanol–water partition coefficient (Wildman–Crippen LogP) is 2.02. The van der Waals surface area contributed by atoms with Gasteiger partial charge in [-0.2, -0.15) is 0 Å². The Morgan fingerprint density at radius 2 is 2.50 bits per heavy atom. The van der Waals surface area contributed by atoms with Crippen molar-refractivity contribution in [3.8, 4) is 10.8 Å². The molecule has 1 rings (SSSR count). The molecule has 0 saturated carbocycles. The molecular formula is C9H10O4S. The van der Waals surface area contributed by atoms with Crippen LogP contribution in [0.15, 0.2) is 18.7 Å². The molecule has 1 N–H and O–H groups in total. The van der Waals surface area contributed by atoms with Crippen molar-refractivity contribution in [2.75, 3.05) is 13.7 Å². The maximum absolute atomic E-state index is 10.8. The fraction of sp³-hybridized carbons (Fsp3) is 0.222. The van der Waals surface area contributed by atoms with Gasteiger partial charge in [-0.05, 0) is 0 Å². The number of carboxylic acid groups (broad SMARTS) is 1. The van der Waals surface area contributed by atoms with Crippen molar-refractivity contribution in [3.63, 3.8) is 0 Å². The van der Waals surface area contributed by atoms with Crippen LogP contribution >= 0.6 is 11.3 Å². The van der Waals surface area contributed by atoms with Crippen LogP contribution in [0.4, 0.5) is 0 Å². The van der Waals surface area contributed by atoms with E-state index in [-0.39, 0.29) is 11.5 Å². The minimum Gasteiger partial charge on any atom is -0.488 e. The van der Waals surface area contributed by atoms with Gasteiger partial charge < -0.3 is 14.6 Å². The Bertz CT molecular complexity index is 343. The summed E-state index contributed by atoms with van der Waals surface area (Å²) >= 11 is 1.04. The number of rotatable bonds is 5. The van der Waals surface area contributed by atoms with Crippen molar-refractivity contribution in [2.45, 2.75) is 0 Å². The van der Waals surface area contributed by atoms with Gasteiger partial charge in [0.05, 0.1) is 7.11 Å². The normalized spacial score (nSPS) is 9.50. The molecule has 76 valence electrons. The summed E-state index contributed by atoms with van der Waals surface area (Å²) in [5.74, 6) is -0.698. The van der Waals surface area contributed by atoms with Crippen LogP contribution < -0.4 is 9.47 Å². The summed E-state index contributed by atoms with van der Waals surface area (Å²) in [6.07, 6.45) is 1.55. The minimum absolute atomic E-state index is 0.142. The summed E-state index contributed by atoms with van der Waals surface area (Å²) in [5, 5.41) is 9.34. The summed E-state index contributed by atoms with van der Waals surface area (Å²) in [5.41, 5.74) is 0. The SMILES string of the molecule is C=CCOc1cc(OC)sc1C(=O)O. The Hall–Kier alpha value is -1.49.